The molecule has 0 bridgehead atoms. The van der Waals surface area contributed by atoms with Crippen LogP contribution in [0, 0.1) is 12.3 Å². The third kappa shape index (κ3) is 2.76. The van der Waals surface area contributed by atoms with Crippen LogP contribution in [0.25, 0.3) is 0 Å². The quantitative estimate of drug-likeness (QED) is 0.813. The minimum absolute atomic E-state index is 0.319. The highest BCUT2D eigenvalue weighted by Crippen LogP contribution is 2.28. The molecule has 4 heteroatoms. The number of aliphatic imine (C=N–C) groups is 1. The van der Waals surface area contributed by atoms with Crippen LogP contribution in [0.3, 0.4) is 0 Å². The van der Waals surface area contributed by atoms with Crippen LogP contribution < -0.4 is 5.32 Å². The van der Waals surface area contributed by atoms with Gasteiger partial charge in [-0.2, -0.15) is 0 Å². The van der Waals surface area contributed by atoms with E-state index in [4.69, 9.17) is 0 Å². The molecule has 0 fully saturated rings. The maximum Gasteiger partial charge on any atom is 0.161 e. The molecule has 1 aromatic rings. The Kier molecular flexibility index (Phi) is 3.19. The van der Waals surface area contributed by atoms with E-state index in [0.717, 1.165) is 23.2 Å². The fraction of sp³-hybridized carbons (Fsp3) is 0.500. The van der Waals surface area contributed by atoms with E-state index in [1.165, 1.54) is 5.56 Å². The molecule has 0 amide bonds. The smallest absolute Gasteiger partial charge is 0.161 e. The van der Waals surface area contributed by atoms with Crippen molar-refractivity contribution in [3.8, 4) is 0 Å². The van der Waals surface area contributed by atoms with Crippen LogP contribution in [0.1, 0.15) is 19.4 Å². The number of aromatic nitrogens is 1. The van der Waals surface area contributed by atoms with E-state index in [2.05, 4.69) is 36.1 Å². The molecule has 0 spiro atoms. The Bertz CT molecular complexity index is 412. The molecule has 1 aliphatic heterocycles. The molecular formula is C12H17N3S. The lowest BCUT2D eigenvalue weighted by molar-refractivity contribution is 0.438. The normalized spacial score (nSPS) is 19.1. The molecule has 1 aromatic heterocycles. The minimum Gasteiger partial charge on any atom is -0.334 e. The summed E-state index contributed by atoms with van der Waals surface area (Å²) in [4.78, 5) is 8.67. The maximum atomic E-state index is 4.56. The number of hydrogen-bond donors (Lipinski definition) is 1. The summed E-state index contributed by atoms with van der Waals surface area (Å²) in [5.41, 5.74) is 2.57. The van der Waals surface area contributed by atoms with Gasteiger partial charge in [0, 0.05) is 18.5 Å². The van der Waals surface area contributed by atoms with Gasteiger partial charge in [-0.05, 0) is 24.0 Å². The number of amidine groups is 1. The van der Waals surface area contributed by atoms with Gasteiger partial charge in [-0.25, -0.2) is 0 Å². The largest absolute Gasteiger partial charge is 0.334 e. The predicted octanol–water partition coefficient (Wildman–Crippen LogP) is 2.93. The van der Waals surface area contributed by atoms with Gasteiger partial charge in [0.05, 0.1) is 11.9 Å². The first-order valence-corrected chi connectivity index (χ1v) is 6.40. The number of hydrogen-bond acceptors (Lipinski definition) is 4. The van der Waals surface area contributed by atoms with E-state index in [0.29, 0.717) is 5.41 Å². The molecule has 3 nitrogen and oxygen atoms in total. The number of pyridine rings is 1. The van der Waals surface area contributed by atoms with Crippen molar-refractivity contribution in [2.45, 2.75) is 20.8 Å². The van der Waals surface area contributed by atoms with E-state index in [1.54, 1.807) is 18.0 Å². The van der Waals surface area contributed by atoms with Gasteiger partial charge in [0.1, 0.15) is 0 Å². The first kappa shape index (κ1) is 11.5. The van der Waals surface area contributed by atoms with Crippen LogP contribution in [-0.4, -0.2) is 22.4 Å². The third-order valence-corrected chi connectivity index (χ3v) is 3.96. The van der Waals surface area contributed by atoms with Crippen LogP contribution >= 0.6 is 11.8 Å². The number of thioether (sulfide) groups is 1. The molecule has 0 atom stereocenters. The number of nitrogens with one attached hydrogen (secondary N) is 1. The number of rotatable bonds is 1. The third-order valence-electron chi connectivity index (χ3n) is 2.53. The molecule has 2 rings (SSSR count). The van der Waals surface area contributed by atoms with E-state index in [1.807, 2.05) is 12.3 Å². The summed E-state index contributed by atoms with van der Waals surface area (Å²) in [7, 11) is 0. The molecule has 1 aliphatic rings. The van der Waals surface area contributed by atoms with Crippen LogP contribution in [-0.2, 0) is 0 Å². The molecule has 0 aromatic carbocycles. The molecule has 16 heavy (non-hydrogen) atoms. The van der Waals surface area contributed by atoms with Gasteiger partial charge in [0.25, 0.3) is 0 Å². The number of aryl methyl sites for hydroxylation is 1. The van der Waals surface area contributed by atoms with Gasteiger partial charge in [-0.3, -0.25) is 9.98 Å². The lowest BCUT2D eigenvalue weighted by Crippen LogP contribution is -2.27. The van der Waals surface area contributed by atoms with Gasteiger partial charge in [0.2, 0.25) is 0 Å². The lowest BCUT2D eigenvalue weighted by Gasteiger charge is -2.27. The first-order valence-electron chi connectivity index (χ1n) is 5.42. The topological polar surface area (TPSA) is 37.3 Å². The van der Waals surface area contributed by atoms with Crippen molar-refractivity contribution in [1.82, 2.24) is 4.98 Å². The van der Waals surface area contributed by atoms with Gasteiger partial charge >= 0.3 is 0 Å². The Morgan fingerprint density at radius 2 is 2.25 bits per heavy atom. The van der Waals surface area contributed by atoms with Crippen molar-refractivity contribution < 1.29 is 0 Å². The second kappa shape index (κ2) is 4.45. The zero-order chi connectivity index (χ0) is 11.6. The van der Waals surface area contributed by atoms with Crippen molar-refractivity contribution in [3.63, 3.8) is 0 Å². The van der Waals surface area contributed by atoms with Gasteiger partial charge in [-0.15, -0.1) is 0 Å². The zero-order valence-electron chi connectivity index (χ0n) is 9.95. The predicted molar refractivity (Wildman–Crippen MR) is 71.1 cm³/mol. The summed E-state index contributed by atoms with van der Waals surface area (Å²) in [6, 6.07) is 2.00. The van der Waals surface area contributed by atoms with Crippen molar-refractivity contribution in [2.75, 3.05) is 17.6 Å². The lowest BCUT2D eigenvalue weighted by atomic mass is 9.97. The van der Waals surface area contributed by atoms with E-state index < -0.39 is 0 Å². The summed E-state index contributed by atoms with van der Waals surface area (Å²) in [6.45, 7) is 7.45. The Morgan fingerprint density at radius 1 is 1.44 bits per heavy atom. The summed E-state index contributed by atoms with van der Waals surface area (Å²) in [5.74, 6) is 1.11. The standard InChI is InChI=1S/C12H17N3S/c1-9-4-5-13-6-10(9)15-11-14-7-12(2,3)8-16-11/h4-6H,7-8H2,1-3H3,(H,14,15). The Balaban J connectivity index is 2.07. The molecular weight excluding hydrogens is 218 g/mol. The Hall–Kier alpha value is -1.03. The Labute approximate surface area is 101 Å². The van der Waals surface area contributed by atoms with E-state index >= 15 is 0 Å². The molecule has 0 unspecified atom stereocenters. The van der Waals surface area contributed by atoms with Crippen LogP contribution in [0.5, 0.6) is 0 Å². The average Bonchev–Trinajstić information content (AvgIpc) is 2.24. The summed E-state index contributed by atoms with van der Waals surface area (Å²) in [6.07, 6.45) is 3.65. The Morgan fingerprint density at radius 3 is 2.88 bits per heavy atom. The number of nitrogens with zero attached hydrogens (tertiary/aromatic N) is 2. The van der Waals surface area contributed by atoms with Crippen LogP contribution in [0.15, 0.2) is 23.5 Å². The summed E-state index contributed by atoms with van der Waals surface area (Å²) < 4.78 is 0. The minimum atomic E-state index is 0.319. The molecule has 0 radical (unpaired) electrons. The molecule has 2 heterocycles. The zero-order valence-corrected chi connectivity index (χ0v) is 10.8. The summed E-state index contributed by atoms with van der Waals surface area (Å²) in [5, 5.41) is 4.35. The fourth-order valence-corrected chi connectivity index (χ4v) is 2.38. The molecule has 0 saturated carbocycles. The van der Waals surface area contributed by atoms with Crippen LogP contribution in [0.4, 0.5) is 5.69 Å². The average molecular weight is 235 g/mol. The van der Waals surface area contributed by atoms with Gasteiger partial charge < -0.3 is 5.32 Å². The second-order valence-corrected chi connectivity index (χ2v) is 5.85. The van der Waals surface area contributed by atoms with E-state index in [9.17, 15) is 0 Å². The molecule has 1 N–H and O–H groups in total. The highest BCUT2D eigenvalue weighted by molar-refractivity contribution is 8.14. The highest BCUT2D eigenvalue weighted by Gasteiger charge is 2.23. The van der Waals surface area contributed by atoms with Crippen molar-refractivity contribution in [2.24, 2.45) is 10.4 Å². The summed E-state index contributed by atoms with van der Waals surface area (Å²) >= 11 is 1.78. The fourth-order valence-electron chi connectivity index (χ4n) is 1.43. The molecule has 0 aliphatic carbocycles. The molecule has 86 valence electrons. The highest BCUT2D eigenvalue weighted by atomic mass is 32.2. The van der Waals surface area contributed by atoms with Crippen molar-refractivity contribution in [3.05, 3.63) is 24.0 Å². The first-order chi connectivity index (χ1) is 7.57. The van der Waals surface area contributed by atoms with Gasteiger partial charge in [0.15, 0.2) is 5.17 Å². The van der Waals surface area contributed by atoms with Crippen LogP contribution in [0.2, 0.25) is 0 Å². The number of anilines is 1. The molecule has 0 saturated heterocycles. The van der Waals surface area contributed by atoms with Gasteiger partial charge in [-0.1, -0.05) is 25.6 Å². The second-order valence-electron chi connectivity index (χ2n) is 4.89. The SMILES string of the molecule is Cc1ccncc1NC1=NCC(C)(C)CS1. The van der Waals surface area contributed by atoms with Crippen molar-refractivity contribution >= 4 is 22.6 Å². The van der Waals surface area contributed by atoms with E-state index in [-0.39, 0.29) is 0 Å². The maximum absolute atomic E-state index is 4.56. The monoisotopic (exact) mass is 235 g/mol. The van der Waals surface area contributed by atoms with Crippen molar-refractivity contribution in [1.29, 1.82) is 0 Å².